The Hall–Kier alpha value is -2.33. The van der Waals surface area contributed by atoms with Gasteiger partial charge in [0.05, 0.1) is 12.8 Å². The van der Waals surface area contributed by atoms with Gasteiger partial charge in [0.2, 0.25) is 5.95 Å². The van der Waals surface area contributed by atoms with E-state index in [-0.39, 0.29) is 24.1 Å². The fourth-order valence-electron chi connectivity index (χ4n) is 1.59. The van der Waals surface area contributed by atoms with E-state index in [2.05, 4.69) is 19.2 Å². The summed E-state index contributed by atoms with van der Waals surface area (Å²) in [6, 6.07) is 3.31. The van der Waals surface area contributed by atoms with E-state index in [0.29, 0.717) is 11.3 Å². The van der Waals surface area contributed by atoms with Gasteiger partial charge in [0.25, 0.3) is 10.1 Å². The van der Waals surface area contributed by atoms with Gasteiger partial charge in [-0.15, -0.1) is 0 Å². The smallest absolute Gasteiger partial charge is 0.273 e. The number of nitrogens with zero attached hydrogens (tertiary/aromatic N) is 4. The highest BCUT2D eigenvalue weighted by Gasteiger charge is 2.14. The fraction of sp³-hybridized carbons (Fsp3) is 0.273. The van der Waals surface area contributed by atoms with E-state index in [1.807, 2.05) is 0 Å². The molecule has 0 amide bonds. The molecule has 10 heteroatoms. The average molecular weight is 311 g/mol. The van der Waals surface area contributed by atoms with Crippen LogP contribution in [0.15, 0.2) is 24.5 Å². The molecule has 0 atom stereocenters. The van der Waals surface area contributed by atoms with E-state index in [1.165, 1.54) is 4.68 Å². The Labute approximate surface area is 121 Å². The van der Waals surface area contributed by atoms with Gasteiger partial charge in [-0.05, 0) is 5.10 Å². The summed E-state index contributed by atoms with van der Waals surface area (Å²) in [7, 11) is -2.38. The van der Waals surface area contributed by atoms with Crippen molar-refractivity contribution in [3.8, 4) is 11.3 Å². The first-order valence-electron chi connectivity index (χ1n) is 5.94. The molecule has 0 radical (unpaired) electrons. The van der Waals surface area contributed by atoms with Gasteiger partial charge >= 0.3 is 0 Å². The van der Waals surface area contributed by atoms with E-state index < -0.39 is 10.1 Å². The molecule has 0 saturated carbocycles. The zero-order valence-corrected chi connectivity index (χ0v) is 12.1. The van der Waals surface area contributed by atoms with Crippen LogP contribution in [0.1, 0.15) is 0 Å². The van der Waals surface area contributed by atoms with Gasteiger partial charge in [-0.1, -0.05) is 4.68 Å². The molecule has 112 valence electrons. The van der Waals surface area contributed by atoms with E-state index in [1.54, 1.807) is 24.5 Å². The monoisotopic (exact) mass is 311 g/mol. The molecule has 0 aliphatic carbocycles. The standard InChI is InChI=1S/C11H15N6O3S/c1-20-21(18,19)5-4-17-3-2-8(7-14-17)9-6-10(12)16-11(13)15-9/h2-3,6-7H,4-5H2,1H3,(H4,12,13,15,16)/q+1. The Morgan fingerprint density at radius 2 is 2.10 bits per heavy atom. The van der Waals surface area contributed by atoms with Crippen LogP contribution >= 0.6 is 0 Å². The first kappa shape index (κ1) is 15.1. The average Bonchev–Trinajstić information content (AvgIpc) is 2.45. The summed E-state index contributed by atoms with van der Waals surface area (Å²) in [5.74, 6) is 0.182. The molecule has 2 aromatic heterocycles. The molecule has 2 rings (SSSR count). The van der Waals surface area contributed by atoms with Crippen LogP contribution in [0.2, 0.25) is 0 Å². The van der Waals surface area contributed by atoms with Crippen molar-refractivity contribution in [1.29, 1.82) is 0 Å². The summed E-state index contributed by atoms with van der Waals surface area (Å²) in [6.45, 7) is 0.185. The lowest BCUT2D eigenvalue weighted by molar-refractivity contribution is -0.750. The van der Waals surface area contributed by atoms with Crippen molar-refractivity contribution in [1.82, 2.24) is 15.1 Å². The van der Waals surface area contributed by atoms with E-state index >= 15 is 0 Å². The summed E-state index contributed by atoms with van der Waals surface area (Å²) >= 11 is 0. The summed E-state index contributed by atoms with van der Waals surface area (Å²) in [5, 5.41) is 4.11. The van der Waals surface area contributed by atoms with Gasteiger partial charge in [0.1, 0.15) is 17.8 Å². The molecule has 21 heavy (non-hydrogen) atoms. The summed E-state index contributed by atoms with van der Waals surface area (Å²) < 4.78 is 28.3. The number of aryl methyl sites for hydroxylation is 1. The fourth-order valence-corrected chi connectivity index (χ4v) is 2.17. The van der Waals surface area contributed by atoms with Crippen LogP contribution in [0.5, 0.6) is 0 Å². The molecular weight excluding hydrogens is 296 g/mol. The highest BCUT2D eigenvalue weighted by molar-refractivity contribution is 7.86. The lowest BCUT2D eigenvalue weighted by atomic mass is 10.2. The Morgan fingerprint density at radius 3 is 2.67 bits per heavy atom. The molecule has 0 aliphatic heterocycles. The van der Waals surface area contributed by atoms with Crippen LogP contribution in [0.25, 0.3) is 11.3 Å². The van der Waals surface area contributed by atoms with Crippen LogP contribution in [-0.4, -0.2) is 36.3 Å². The Kier molecular flexibility index (Phi) is 4.29. The number of anilines is 2. The predicted molar refractivity (Wildman–Crippen MR) is 75.1 cm³/mol. The van der Waals surface area contributed by atoms with Gasteiger partial charge in [-0.2, -0.15) is 13.4 Å². The molecule has 4 N–H and O–H groups in total. The summed E-state index contributed by atoms with van der Waals surface area (Å²) in [6.07, 6.45) is 3.18. The SMILES string of the molecule is COS(=O)(=O)CC[n+]1ccc(-c2cc(N)nc(N)n2)cn1. The molecule has 0 spiro atoms. The molecule has 2 heterocycles. The second kappa shape index (κ2) is 5.97. The normalized spacial score (nSPS) is 11.5. The van der Waals surface area contributed by atoms with Gasteiger partial charge in [0.15, 0.2) is 12.7 Å². The van der Waals surface area contributed by atoms with Crippen molar-refractivity contribution >= 4 is 21.9 Å². The van der Waals surface area contributed by atoms with Crippen molar-refractivity contribution < 1.29 is 17.3 Å². The third-order valence-corrected chi connectivity index (χ3v) is 3.85. The molecule has 0 unspecified atom stereocenters. The van der Waals surface area contributed by atoms with E-state index in [4.69, 9.17) is 11.5 Å². The topological polar surface area (TPSA) is 138 Å². The first-order chi connectivity index (χ1) is 9.89. The molecule has 0 fully saturated rings. The van der Waals surface area contributed by atoms with Crippen molar-refractivity contribution in [2.24, 2.45) is 0 Å². The Balaban J connectivity index is 2.15. The predicted octanol–water partition coefficient (Wildman–Crippen LogP) is -1.03. The maximum absolute atomic E-state index is 11.2. The highest BCUT2D eigenvalue weighted by atomic mass is 32.2. The third-order valence-electron chi connectivity index (χ3n) is 2.65. The summed E-state index contributed by atoms with van der Waals surface area (Å²) in [5.41, 5.74) is 12.4. The molecule has 0 saturated heterocycles. The number of aromatic nitrogens is 4. The van der Waals surface area contributed by atoms with Gasteiger partial charge in [0, 0.05) is 17.7 Å². The number of rotatable bonds is 5. The Bertz CT molecular complexity index is 712. The van der Waals surface area contributed by atoms with Gasteiger partial charge in [-0.25, -0.2) is 4.98 Å². The first-order valence-corrected chi connectivity index (χ1v) is 7.52. The number of hydrogen-bond donors (Lipinski definition) is 2. The van der Waals surface area contributed by atoms with Crippen LogP contribution in [0.3, 0.4) is 0 Å². The third kappa shape index (κ3) is 4.07. The second-order valence-corrected chi connectivity index (χ2v) is 6.00. The molecule has 2 aromatic rings. The molecule has 0 aliphatic rings. The highest BCUT2D eigenvalue weighted by Crippen LogP contribution is 2.17. The molecule has 9 nitrogen and oxygen atoms in total. The number of nitrogen functional groups attached to an aromatic ring is 2. The van der Waals surface area contributed by atoms with E-state index in [0.717, 1.165) is 7.11 Å². The van der Waals surface area contributed by atoms with E-state index in [9.17, 15) is 8.42 Å². The summed E-state index contributed by atoms with van der Waals surface area (Å²) in [4.78, 5) is 7.84. The van der Waals surface area contributed by atoms with Crippen LogP contribution in [0.4, 0.5) is 11.8 Å². The van der Waals surface area contributed by atoms with Crippen molar-refractivity contribution in [3.05, 3.63) is 24.5 Å². The lowest BCUT2D eigenvalue weighted by Crippen LogP contribution is -2.40. The van der Waals surface area contributed by atoms with Gasteiger partial charge < -0.3 is 11.5 Å². The van der Waals surface area contributed by atoms with Crippen LogP contribution in [0, 0.1) is 0 Å². The van der Waals surface area contributed by atoms with Crippen LogP contribution < -0.4 is 16.1 Å². The zero-order valence-electron chi connectivity index (χ0n) is 11.3. The quantitative estimate of drug-likeness (QED) is 0.528. The molecular formula is C11H15N6O3S+. The maximum Gasteiger partial charge on any atom is 0.273 e. The molecule has 0 aromatic carbocycles. The second-order valence-electron chi connectivity index (χ2n) is 4.14. The Morgan fingerprint density at radius 1 is 1.33 bits per heavy atom. The molecule has 0 bridgehead atoms. The van der Waals surface area contributed by atoms with Crippen molar-refractivity contribution in [3.63, 3.8) is 0 Å². The van der Waals surface area contributed by atoms with Crippen molar-refractivity contribution in [2.45, 2.75) is 6.54 Å². The van der Waals surface area contributed by atoms with Gasteiger partial charge in [-0.3, -0.25) is 4.18 Å². The minimum Gasteiger partial charge on any atom is -0.384 e. The zero-order chi connectivity index (χ0) is 15.5. The minimum atomic E-state index is -3.51. The van der Waals surface area contributed by atoms with Crippen molar-refractivity contribution in [2.75, 3.05) is 24.3 Å². The minimum absolute atomic E-state index is 0.0768. The largest absolute Gasteiger partial charge is 0.384 e. The lowest BCUT2D eigenvalue weighted by Gasteiger charge is -2.02. The maximum atomic E-state index is 11.2. The van der Waals surface area contributed by atoms with Crippen LogP contribution in [-0.2, 0) is 20.8 Å². The number of nitrogens with two attached hydrogens (primary N) is 2. The number of hydrogen-bond acceptors (Lipinski definition) is 8.